The predicted molar refractivity (Wildman–Crippen MR) is 65.4 cm³/mol. The van der Waals surface area contributed by atoms with Crippen LogP contribution in [0.2, 0.25) is 5.02 Å². The first kappa shape index (κ1) is 11.3. The van der Waals surface area contributed by atoms with Gasteiger partial charge < -0.3 is 0 Å². The molecule has 1 nitrogen and oxygen atoms in total. The molecule has 2 rings (SSSR count). The number of pyridine rings is 1. The number of hydrogen-bond donors (Lipinski definition) is 0. The van der Waals surface area contributed by atoms with E-state index in [9.17, 15) is 4.39 Å². The Morgan fingerprint density at radius 3 is 2.56 bits per heavy atom. The summed E-state index contributed by atoms with van der Waals surface area (Å²) in [6.45, 7) is 6.08. The van der Waals surface area contributed by atoms with Crippen molar-refractivity contribution in [3.05, 3.63) is 40.8 Å². The lowest BCUT2D eigenvalue weighted by Gasteiger charge is -2.18. The maximum Gasteiger partial charge on any atom is 0.149 e. The molecule has 1 aromatic carbocycles. The van der Waals surface area contributed by atoms with Crippen LogP contribution in [0.5, 0.6) is 0 Å². The topological polar surface area (TPSA) is 12.9 Å². The molecule has 0 saturated heterocycles. The number of rotatable bonds is 0. The van der Waals surface area contributed by atoms with Gasteiger partial charge in [-0.1, -0.05) is 44.5 Å². The van der Waals surface area contributed by atoms with Gasteiger partial charge in [-0.05, 0) is 12.1 Å². The number of nitrogens with zero attached hydrogens (tertiary/aromatic N) is 1. The molecule has 3 heteroatoms. The smallest absolute Gasteiger partial charge is 0.149 e. The number of para-hydroxylation sites is 1. The molecule has 0 radical (unpaired) electrons. The zero-order valence-corrected chi connectivity index (χ0v) is 10.3. The van der Waals surface area contributed by atoms with Gasteiger partial charge in [0.1, 0.15) is 11.3 Å². The zero-order chi connectivity index (χ0) is 11.9. The highest BCUT2D eigenvalue weighted by atomic mass is 35.5. The Labute approximate surface area is 99.3 Å². The Morgan fingerprint density at radius 1 is 1.25 bits per heavy atom. The second kappa shape index (κ2) is 3.70. The van der Waals surface area contributed by atoms with Gasteiger partial charge in [0.15, 0.2) is 0 Å². The first-order chi connectivity index (χ1) is 7.39. The second-order valence-corrected chi connectivity index (χ2v) is 5.28. The average Bonchev–Trinajstić information content (AvgIpc) is 2.18. The maximum atomic E-state index is 13.6. The van der Waals surface area contributed by atoms with E-state index in [1.54, 1.807) is 12.1 Å². The lowest BCUT2D eigenvalue weighted by molar-refractivity contribution is 0.569. The van der Waals surface area contributed by atoms with Crippen molar-refractivity contribution in [2.45, 2.75) is 26.2 Å². The van der Waals surface area contributed by atoms with E-state index in [0.717, 1.165) is 5.69 Å². The van der Waals surface area contributed by atoms with Gasteiger partial charge in [0.05, 0.1) is 5.02 Å². The van der Waals surface area contributed by atoms with Crippen LogP contribution < -0.4 is 0 Å². The molecule has 0 unspecified atom stereocenters. The van der Waals surface area contributed by atoms with Crippen molar-refractivity contribution >= 4 is 22.5 Å². The van der Waals surface area contributed by atoms with E-state index in [0.29, 0.717) is 15.9 Å². The maximum absolute atomic E-state index is 13.6. The first-order valence-corrected chi connectivity index (χ1v) is 5.52. The normalized spacial score (nSPS) is 12.1. The summed E-state index contributed by atoms with van der Waals surface area (Å²) in [5, 5.41) is 1.21. The van der Waals surface area contributed by atoms with Gasteiger partial charge in [-0.15, -0.1) is 0 Å². The number of fused-ring (bicyclic) bond motifs is 1. The summed E-state index contributed by atoms with van der Waals surface area (Å²) in [6.07, 6.45) is 0. The van der Waals surface area contributed by atoms with Crippen LogP contribution in [0.25, 0.3) is 10.9 Å². The summed E-state index contributed by atoms with van der Waals surface area (Å²) < 4.78 is 13.6. The second-order valence-electron chi connectivity index (χ2n) is 4.88. The third-order valence-corrected chi connectivity index (χ3v) is 2.82. The SMILES string of the molecule is CC(C)(C)c1cc(Cl)c2cccc(F)c2n1. The highest BCUT2D eigenvalue weighted by Crippen LogP contribution is 2.29. The van der Waals surface area contributed by atoms with E-state index in [1.165, 1.54) is 6.07 Å². The minimum atomic E-state index is -0.328. The van der Waals surface area contributed by atoms with Crippen molar-refractivity contribution in [3.63, 3.8) is 0 Å². The average molecular weight is 238 g/mol. The molecule has 0 atom stereocenters. The van der Waals surface area contributed by atoms with E-state index in [4.69, 9.17) is 11.6 Å². The van der Waals surface area contributed by atoms with Gasteiger partial charge in [0.25, 0.3) is 0 Å². The minimum Gasteiger partial charge on any atom is -0.249 e. The number of halogens is 2. The molecular formula is C13H13ClFN. The van der Waals surface area contributed by atoms with E-state index >= 15 is 0 Å². The Kier molecular flexibility index (Phi) is 2.62. The zero-order valence-electron chi connectivity index (χ0n) is 9.51. The number of benzene rings is 1. The number of hydrogen-bond acceptors (Lipinski definition) is 1. The van der Waals surface area contributed by atoms with Crippen LogP contribution in [0.15, 0.2) is 24.3 Å². The van der Waals surface area contributed by atoms with Crippen LogP contribution in [0.4, 0.5) is 4.39 Å². The van der Waals surface area contributed by atoms with Crippen molar-refractivity contribution in [2.75, 3.05) is 0 Å². The lowest BCUT2D eigenvalue weighted by Crippen LogP contribution is -2.13. The molecule has 0 saturated carbocycles. The van der Waals surface area contributed by atoms with Gasteiger partial charge in [0.2, 0.25) is 0 Å². The fourth-order valence-corrected chi connectivity index (χ4v) is 1.81. The van der Waals surface area contributed by atoms with E-state index in [-0.39, 0.29) is 11.2 Å². The first-order valence-electron chi connectivity index (χ1n) is 5.15. The van der Waals surface area contributed by atoms with Crippen molar-refractivity contribution in [1.82, 2.24) is 4.98 Å². The van der Waals surface area contributed by atoms with Crippen LogP contribution >= 0.6 is 11.6 Å². The third-order valence-electron chi connectivity index (χ3n) is 2.51. The third kappa shape index (κ3) is 1.90. The molecule has 0 bridgehead atoms. The fraction of sp³-hybridized carbons (Fsp3) is 0.308. The van der Waals surface area contributed by atoms with E-state index in [2.05, 4.69) is 4.98 Å². The van der Waals surface area contributed by atoms with Crippen molar-refractivity contribution < 1.29 is 4.39 Å². The highest BCUT2D eigenvalue weighted by molar-refractivity contribution is 6.35. The predicted octanol–water partition coefficient (Wildman–Crippen LogP) is 4.32. The molecule has 1 heterocycles. The molecule has 0 aliphatic carbocycles. The monoisotopic (exact) mass is 237 g/mol. The van der Waals surface area contributed by atoms with Gasteiger partial charge in [-0.3, -0.25) is 0 Å². The summed E-state index contributed by atoms with van der Waals surface area (Å²) in [7, 11) is 0. The lowest BCUT2D eigenvalue weighted by atomic mass is 9.91. The molecule has 0 aliphatic heterocycles. The molecule has 0 amide bonds. The largest absolute Gasteiger partial charge is 0.249 e. The van der Waals surface area contributed by atoms with Crippen LogP contribution in [-0.4, -0.2) is 4.98 Å². The van der Waals surface area contributed by atoms with Gasteiger partial charge in [-0.2, -0.15) is 0 Å². The minimum absolute atomic E-state index is 0.139. The molecular weight excluding hydrogens is 225 g/mol. The molecule has 16 heavy (non-hydrogen) atoms. The Hall–Kier alpha value is -1.15. The standard InChI is InChI=1S/C13H13ClFN/c1-13(2,3)11-7-9(14)8-5-4-6-10(15)12(8)16-11/h4-7H,1-3H3. The van der Waals surface area contributed by atoms with Crippen LogP contribution in [0, 0.1) is 5.82 Å². The van der Waals surface area contributed by atoms with Gasteiger partial charge >= 0.3 is 0 Å². The molecule has 0 spiro atoms. The van der Waals surface area contributed by atoms with Crippen LogP contribution in [0.1, 0.15) is 26.5 Å². The Balaban J connectivity index is 2.81. The van der Waals surface area contributed by atoms with Crippen molar-refractivity contribution in [3.8, 4) is 0 Å². The summed E-state index contributed by atoms with van der Waals surface area (Å²) in [6, 6.07) is 6.63. The number of aromatic nitrogens is 1. The van der Waals surface area contributed by atoms with E-state index in [1.807, 2.05) is 26.8 Å². The highest BCUT2D eigenvalue weighted by Gasteiger charge is 2.18. The molecule has 0 N–H and O–H groups in total. The summed E-state index contributed by atoms with van der Waals surface area (Å²) in [5.74, 6) is -0.328. The van der Waals surface area contributed by atoms with Crippen molar-refractivity contribution in [1.29, 1.82) is 0 Å². The fourth-order valence-electron chi connectivity index (χ4n) is 1.56. The quantitative estimate of drug-likeness (QED) is 0.665. The van der Waals surface area contributed by atoms with Crippen LogP contribution in [0.3, 0.4) is 0 Å². The molecule has 2 aromatic rings. The molecule has 0 fully saturated rings. The summed E-state index contributed by atoms with van der Waals surface area (Å²) >= 11 is 6.13. The molecule has 84 valence electrons. The van der Waals surface area contributed by atoms with Crippen molar-refractivity contribution in [2.24, 2.45) is 0 Å². The molecule has 0 aliphatic rings. The Bertz CT molecular complexity index is 543. The van der Waals surface area contributed by atoms with Crippen LogP contribution in [-0.2, 0) is 5.41 Å². The molecule has 1 aromatic heterocycles. The summed E-state index contributed by atoms with van der Waals surface area (Å²) in [4.78, 5) is 4.35. The van der Waals surface area contributed by atoms with Gasteiger partial charge in [0, 0.05) is 16.5 Å². The summed E-state index contributed by atoms with van der Waals surface area (Å²) in [5.41, 5.74) is 1.01. The van der Waals surface area contributed by atoms with E-state index < -0.39 is 0 Å². The van der Waals surface area contributed by atoms with Gasteiger partial charge in [-0.25, -0.2) is 9.37 Å². The Morgan fingerprint density at radius 2 is 1.94 bits per heavy atom.